The zero-order chi connectivity index (χ0) is 12.2. The molecule has 1 heterocycles. The summed E-state index contributed by atoms with van der Waals surface area (Å²) in [6.45, 7) is 3.86. The molecule has 0 aliphatic heterocycles. The molecule has 0 saturated heterocycles. The Morgan fingerprint density at radius 3 is 2.81 bits per heavy atom. The molecule has 0 unspecified atom stereocenters. The summed E-state index contributed by atoms with van der Waals surface area (Å²) in [5.74, 6) is 0.468. The molecule has 0 aliphatic carbocycles. The van der Waals surface area contributed by atoms with Gasteiger partial charge in [0.25, 0.3) is 0 Å². The normalized spacial score (nSPS) is 11.6. The summed E-state index contributed by atoms with van der Waals surface area (Å²) in [6, 6.07) is 1.95. The first kappa shape index (κ1) is 12.7. The van der Waals surface area contributed by atoms with E-state index in [2.05, 4.69) is 4.98 Å². The molecule has 0 atom stereocenters. The van der Waals surface area contributed by atoms with Gasteiger partial charge in [0.2, 0.25) is 5.82 Å². The Hall–Kier alpha value is -1.35. The van der Waals surface area contributed by atoms with E-state index < -0.39 is 9.84 Å². The van der Waals surface area contributed by atoms with Gasteiger partial charge in [0, 0.05) is 18.9 Å². The molecular weight excluding hydrogens is 226 g/mol. The molecule has 1 rings (SSSR count). The highest BCUT2D eigenvalue weighted by Gasteiger charge is 2.15. The van der Waals surface area contributed by atoms with Crippen molar-refractivity contribution in [3.63, 3.8) is 0 Å². The maximum atomic E-state index is 11.5. The Balaban J connectivity index is 2.52. The Bertz CT molecular complexity index is 482. The van der Waals surface area contributed by atoms with Gasteiger partial charge < -0.3 is 4.57 Å². The van der Waals surface area contributed by atoms with Crippen LogP contribution in [0.5, 0.6) is 0 Å². The maximum absolute atomic E-state index is 11.5. The molecule has 0 radical (unpaired) electrons. The summed E-state index contributed by atoms with van der Waals surface area (Å²) in [5.41, 5.74) is 0. The number of hydrogen-bond donors (Lipinski definition) is 0. The second-order valence-electron chi connectivity index (χ2n) is 3.83. The van der Waals surface area contributed by atoms with Crippen LogP contribution < -0.4 is 0 Å². The van der Waals surface area contributed by atoms with E-state index in [9.17, 15) is 8.42 Å². The Morgan fingerprint density at radius 1 is 1.56 bits per heavy atom. The Labute approximate surface area is 95.6 Å². The van der Waals surface area contributed by atoms with E-state index in [1.165, 1.54) is 6.20 Å². The minimum Gasteiger partial charge on any atom is -0.323 e. The average molecular weight is 241 g/mol. The highest BCUT2D eigenvalue weighted by Crippen LogP contribution is 2.05. The number of aryl methyl sites for hydroxylation is 1. The van der Waals surface area contributed by atoms with Gasteiger partial charge >= 0.3 is 0 Å². The van der Waals surface area contributed by atoms with Crippen molar-refractivity contribution in [3.8, 4) is 6.07 Å². The number of nitrogens with zero attached hydrogens (tertiary/aromatic N) is 3. The van der Waals surface area contributed by atoms with E-state index in [1.807, 2.05) is 6.07 Å². The molecule has 6 heteroatoms. The summed E-state index contributed by atoms with van der Waals surface area (Å²) < 4.78 is 24.7. The molecule has 0 saturated carbocycles. The first-order chi connectivity index (χ1) is 7.47. The zero-order valence-electron chi connectivity index (χ0n) is 9.42. The van der Waals surface area contributed by atoms with Gasteiger partial charge in [-0.3, -0.25) is 0 Å². The minimum atomic E-state index is -2.99. The van der Waals surface area contributed by atoms with Crippen molar-refractivity contribution in [3.05, 3.63) is 18.2 Å². The van der Waals surface area contributed by atoms with Crippen molar-refractivity contribution in [1.82, 2.24) is 9.55 Å². The van der Waals surface area contributed by atoms with Crippen LogP contribution in [0.4, 0.5) is 0 Å². The van der Waals surface area contributed by atoms with E-state index in [4.69, 9.17) is 5.26 Å². The Kier molecular flexibility index (Phi) is 4.07. The van der Waals surface area contributed by atoms with Crippen molar-refractivity contribution >= 4 is 9.84 Å². The third-order valence-electron chi connectivity index (χ3n) is 2.36. The standard InChI is InChI=1S/C10H15N3O2S/c1-9(2)16(14,15)7-3-5-13-6-4-12-10(13)8-11/h4,6,9H,3,5,7H2,1-2H3. The van der Waals surface area contributed by atoms with Gasteiger partial charge in [-0.05, 0) is 20.3 Å². The van der Waals surface area contributed by atoms with Gasteiger partial charge in [0.15, 0.2) is 9.84 Å². The van der Waals surface area contributed by atoms with Gasteiger partial charge in [0.05, 0.1) is 11.0 Å². The van der Waals surface area contributed by atoms with Crippen LogP contribution >= 0.6 is 0 Å². The van der Waals surface area contributed by atoms with E-state index in [-0.39, 0.29) is 11.0 Å². The number of rotatable bonds is 5. The molecule has 0 aliphatic rings. The van der Waals surface area contributed by atoms with E-state index in [0.717, 1.165) is 0 Å². The van der Waals surface area contributed by atoms with Crippen molar-refractivity contribution in [2.24, 2.45) is 0 Å². The number of aromatic nitrogens is 2. The second kappa shape index (κ2) is 5.12. The number of nitriles is 1. The van der Waals surface area contributed by atoms with Gasteiger partial charge in [-0.25, -0.2) is 13.4 Å². The van der Waals surface area contributed by atoms with Crippen LogP contribution in [0.1, 0.15) is 26.1 Å². The van der Waals surface area contributed by atoms with Gasteiger partial charge in [-0.2, -0.15) is 5.26 Å². The van der Waals surface area contributed by atoms with Crippen LogP contribution in [0.25, 0.3) is 0 Å². The molecule has 0 bridgehead atoms. The van der Waals surface area contributed by atoms with Crippen molar-refractivity contribution in [2.75, 3.05) is 5.75 Å². The number of hydrogen-bond acceptors (Lipinski definition) is 4. The van der Waals surface area contributed by atoms with E-state index >= 15 is 0 Å². The van der Waals surface area contributed by atoms with Crippen molar-refractivity contribution in [1.29, 1.82) is 5.26 Å². The number of imidazole rings is 1. The van der Waals surface area contributed by atoms with Crippen molar-refractivity contribution in [2.45, 2.75) is 32.1 Å². The quantitative estimate of drug-likeness (QED) is 0.769. The highest BCUT2D eigenvalue weighted by atomic mass is 32.2. The Morgan fingerprint density at radius 2 is 2.25 bits per heavy atom. The molecule has 88 valence electrons. The third kappa shape index (κ3) is 3.07. The average Bonchev–Trinajstić information content (AvgIpc) is 2.64. The van der Waals surface area contributed by atoms with E-state index in [1.54, 1.807) is 24.6 Å². The smallest absolute Gasteiger partial charge is 0.212 e. The lowest BCUT2D eigenvalue weighted by molar-refractivity contribution is 0.577. The lowest BCUT2D eigenvalue weighted by atomic mass is 10.4. The van der Waals surface area contributed by atoms with Crippen LogP contribution in [0.15, 0.2) is 12.4 Å². The predicted octanol–water partition coefficient (Wildman–Crippen LogP) is 0.968. The lowest BCUT2D eigenvalue weighted by Crippen LogP contribution is -2.18. The monoisotopic (exact) mass is 241 g/mol. The molecule has 16 heavy (non-hydrogen) atoms. The topological polar surface area (TPSA) is 75.8 Å². The maximum Gasteiger partial charge on any atom is 0.212 e. The molecule has 5 nitrogen and oxygen atoms in total. The molecule has 1 aromatic rings. The van der Waals surface area contributed by atoms with Gasteiger partial charge in [-0.15, -0.1) is 0 Å². The molecule has 0 spiro atoms. The molecule has 0 fully saturated rings. The largest absolute Gasteiger partial charge is 0.323 e. The minimum absolute atomic E-state index is 0.147. The van der Waals surface area contributed by atoms with E-state index in [0.29, 0.717) is 18.8 Å². The third-order valence-corrected chi connectivity index (χ3v) is 4.66. The van der Waals surface area contributed by atoms with Crippen LogP contribution in [0, 0.1) is 11.3 Å². The second-order valence-corrected chi connectivity index (χ2v) is 6.50. The molecule has 0 N–H and O–H groups in total. The first-order valence-electron chi connectivity index (χ1n) is 5.10. The van der Waals surface area contributed by atoms with Gasteiger partial charge in [-0.1, -0.05) is 0 Å². The fourth-order valence-electron chi connectivity index (χ4n) is 1.27. The summed E-state index contributed by atoms with van der Waals surface area (Å²) >= 11 is 0. The molecular formula is C10H15N3O2S. The van der Waals surface area contributed by atoms with Gasteiger partial charge in [0.1, 0.15) is 6.07 Å². The summed E-state index contributed by atoms with van der Waals surface area (Å²) in [4.78, 5) is 3.84. The van der Waals surface area contributed by atoms with Crippen LogP contribution in [0.2, 0.25) is 0 Å². The SMILES string of the molecule is CC(C)S(=O)(=O)CCCn1ccnc1C#N. The van der Waals surface area contributed by atoms with Crippen LogP contribution in [0.3, 0.4) is 0 Å². The zero-order valence-corrected chi connectivity index (χ0v) is 10.2. The molecule has 1 aromatic heterocycles. The van der Waals surface area contributed by atoms with Crippen LogP contribution in [-0.2, 0) is 16.4 Å². The highest BCUT2D eigenvalue weighted by molar-refractivity contribution is 7.91. The summed E-state index contributed by atoms with van der Waals surface area (Å²) in [6.07, 6.45) is 3.72. The lowest BCUT2D eigenvalue weighted by Gasteiger charge is -2.07. The molecule has 0 aromatic carbocycles. The summed E-state index contributed by atoms with van der Waals surface area (Å²) in [7, 11) is -2.99. The first-order valence-corrected chi connectivity index (χ1v) is 6.81. The van der Waals surface area contributed by atoms with Crippen molar-refractivity contribution < 1.29 is 8.42 Å². The summed E-state index contributed by atoms with van der Waals surface area (Å²) in [5, 5.41) is 8.36. The number of sulfone groups is 1. The van der Waals surface area contributed by atoms with Crippen LogP contribution in [-0.4, -0.2) is 29.0 Å². The molecule has 0 amide bonds. The fourth-order valence-corrected chi connectivity index (χ4v) is 2.28. The fraction of sp³-hybridized carbons (Fsp3) is 0.600. The predicted molar refractivity (Wildman–Crippen MR) is 60.5 cm³/mol.